The van der Waals surface area contributed by atoms with Crippen molar-refractivity contribution >= 4 is 23.5 Å². The van der Waals surface area contributed by atoms with Gasteiger partial charge in [0.15, 0.2) is 0 Å². The highest BCUT2D eigenvalue weighted by molar-refractivity contribution is 7.98. The van der Waals surface area contributed by atoms with E-state index in [1.54, 1.807) is 37.2 Å². The van der Waals surface area contributed by atoms with Crippen LogP contribution in [-0.2, 0) is 6.42 Å². The first-order valence-electron chi connectivity index (χ1n) is 8.54. The van der Waals surface area contributed by atoms with Crippen LogP contribution in [0.1, 0.15) is 29.2 Å². The molecule has 1 aromatic carbocycles. The van der Waals surface area contributed by atoms with Crippen LogP contribution in [0.4, 0.5) is 4.39 Å². The molecule has 1 N–H and O–H groups in total. The Labute approximate surface area is 161 Å². The van der Waals surface area contributed by atoms with Crippen molar-refractivity contribution in [1.29, 1.82) is 0 Å². The second kappa shape index (κ2) is 7.06. The molecule has 0 aliphatic heterocycles. The van der Waals surface area contributed by atoms with E-state index in [2.05, 4.69) is 20.5 Å². The van der Waals surface area contributed by atoms with Crippen LogP contribution >= 0.6 is 23.5 Å². The summed E-state index contributed by atoms with van der Waals surface area (Å²) in [5.41, 5.74) is 4.44. The predicted molar refractivity (Wildman–Crippen MR) is 105 cm³/mol. The van der Waals surface area contributed by atoms with Gasteiger partial charge in [-0.1, -0.05) is 11.6 Å². The molecule has 1 aliphatic carbocycles. The predicted octanol–water partition coefficient (Wildman–Crippen LogP) is 5.41. The molecule has 1 aliphatic rings. The van der Waals surface area contributed by atoms with Gasteiger partial charge in [0.25, 0.3) is 0 Å². The second-order valence-corrected chi connectivity index (χ2v) is 7.97. The van der Waals surface area contributed by atoms with Gasteiger partial charge in [0.05, 0.1) is 5.69 Å². The highest BCUT2D eigenvalue weighted by Gasteiger charge is 2.30. The second-order valence-electron chi connectivity index (χ2n) is 6.48. The largest absolute Gasteiger partial charge is 0.313 e. The van der Waals surface area contributed by atoms with Gasteiger partial charge in [-0.2, -0.15) is 0 Å². The van der Waals surface area contributed by atoms with E-state index in [4.69, 9.17) is 11.6 Å². The Morgan fingerprint density at radius 2 is 2.23 bits per heavy atom. The summed E-state index contributed by atoms with van der Waals surface area (Å²) in [6.45, 7) is 1.75. The van der Waals surface area contributed by atoms with E-state index in [1.807, 2.05) is 25.4 Å². The summed E-state index contributed by atoms with van der Waals surface area (Å²) >= 11 is 7.80. The number of hydrogen-bond donors (Lipinski definition) is 1. The van der Waals surface area contributed by atoms with Gasteiger partial charge in [-0.3, -0.25) is 8.96 Å². The highest BCUT2D eigenvalue weighted by atomic mass is 35.5. The summed E-state index contributed by atoms with van der Waals surface area (Å²) in [6.07, 6.45) is 7.62. The van der Waals surface area contributed by atoms with Gasteiger partial charge in [-0.05, 0) is 79.7 Å². The smallest absolute Gasteiger partial charge is 0.135 e. The summed E-state index contributed by atoms with van der Waals surface area (Å²) in [4.78, 5) is 5.18. The molecule has 2 aromatic heterocycles. The molecule has 2 heterocycles. The molecule has 1 unspecified atom stereocenters. The van der Waals surface area contributed by atoms with E-state index >= 15 is 4.39 Å². The SMILES string of the molecule is CNC1CCc2c1cn(Sc1cccnc1)c2-c1cc(Cl)cc(C)c1F. The van der Waals surface area contributed by atoms with Crippen molar-refractivity contribution in [2.45, 2.75) is 30.7 Å². The molecule has 0 bridgehead atoms. The van der Waals surface area contributed by atoms with Crippen LogP contribution in [0.3, 0.4) is 0 Å². The Balaban J connectivity index is 1.90. The third-order valence-electron chi connectivity index (χ3n) is 4.83. The van der Waals surface area contributed by atoms with Crippen LogP contribution in [0.25, 0.3) is 11.3 Å². The van der Waals surface area contributed by atoms with Crippen LogP contribution in [-0.4, -0.2) is 16.0 Å². The Kier molecular flexibility index (Phi) is 4.78. The molecule has 0 radical (unpaired) electrons. The summed E-state index contributed by atoms with van der Waals surface area (Å²) in [5.74, 6) is -0.212. The third-order valence-corrected chi connectivity index (χ3v) is 5.99. The molecular formula is C20H19ClFN3S. The van der Waals surface area contributed by atoms with Crippen molar-refractivity contribution in [3.8, 4) is 11.3 Å². The molecule has 26 heavy (non-hydrogen) atoms. The third kappa shape index (κ3) is 3.04. The number of benzene rings is 1. The Morgan fingerprint density at radius 3 is 2.96 bits per heavy atom. The number of halogens is 2. The highest BCUT2D eigenvalue weighted by Crippen LogP contribution is 2.43. The van der Waals surface area contributed by atoms with Crippen molar-refractivity contribution in [3.05, 3.63) is 70.4 Å². The molecule has 0 amide bonds. The maximum Gasteiger partial charge on any atom is 0.135 e. The molecular weight excluding hydrogens is 369 g/mol. The molecule has 0 saturated heterocycles. The van der Waals surface area contributed by atoms with E-state index in [9.17, 15) is 0 Å². The molecule has 6 heteroatoms. The fraction of sp³-hybridized carbons (Fsp3) is 0.250. The minimum atomic E-state index is -0.212. The van der Waals surface area contributed by atoms with Crippen LogP contribution in [0, 0.1) is 12.7 Å². The van der Waals surface area contributed by atoms with E-state index in [-0.39, 0.29) is 5.82 Å². The number of nitrogens with zero attached hydrogens (tertiary/aromatic N) is 2. The Hall–Kier alpha value is -1.82. The molecule has 4 rings (SSSR count). The lowest BCUT2D eigenvalue weighted by Gasteiger charge is -2.13. The van der Waals surface area contributed by atoms with E-state index in [1.165, 1.54) is 11.1 Å². The summed E-state index contributed by atoms with van der Waals surface area (Å²) < 4.78 is 17.1. The fourth-order valence-corrected chi connectivity index (χ4v) is 4.82. The minimum absolute atomic E-state index is 0.212. The van der Waals surface area contributed by atoms with Crippen LogP contribution in [0.2, 0.25) is 5.02 Å². The van der Waals surface area contributed by atoms with Crippen LogP contribution in [0.5, 0.6) is 0 Å². The van der Waals surface area contributed by atoms with Crippen molar-refractivity contribution in [2.75, 3.05) is 7.05 Å². The molecule has 3 aromatic rings. The number of hydrogen-bond acceptors (Lipinski definition) is 3. The van der Waals surface area contributed by atoms with Crippen molar-refractivity contribution in [2.24, 2.45) is 0 Å². The first-order valence-corrected chi connectivity index (χ1v) is 9.69. The average molecular weight is 388 g/mol. The molecule has 0 saturated carbocycles. The fourth-order valence-electron chi connectivity index (χ4n) is 3.61. The lowest BCUT2D eigenvalue weighted by Crippen LogP contribution is -2.12. The molecule has 134 valence electrons. The van der Waals surface area contributed by atoms with E-state index in [0.717, 1.165) is 23.4 Å². The zero-order valence-corrected chi connectivity index (χ0v) is 16.2. The van der Waals surface area contributed by atoms with Crippen LogP contribution in [0.15, 0.2) is 47.8 Å². The van der Waals surface area contributed by atoms with Crippen molar-refractivity contribution in [1.82, 2.24) is 14.3 Å². The first kappa shape index (κ1) is 17.6. The van der Waals surface area contributed by atoms with Gasteiger partial charge >= 0.3 is 0 Å². The minimum Gasteiger partial charge on any atom is -0.313 e. The monoisotopic (exact) mass is 387 g/mol. The van der Waals surface area contributed by atoms with Crippen molar-refractivity contribution in [3.63, 3.8) is 0 Å². The normalized spacial score (nSPS) is 16.1. The van der Waals surface area contributed by atoms with Gasteiger partial charge in [-0.25, -0.2) is 4.39 Å². The van der Waals surface area contributed by atoms with Gasteiger partial charge < -0.3 is 5.32 Å². The topological polar surface area (TPSA) is 29.9 Å². The number of aromatic nitrogens is 2. The summed E-state index contributed by atoms with van der Waals surface area (Å²) in [5, 5.41) is 3.91. The van der Waals surface area contributed by atoms with Crippen LogP contribution < -0.4 is 5.32 Å². The maximum absolute atomic E-state index is 15.0. The Bertz CT molecular complexity index is 955. The molecule has 1 atom stereocenters. The molecule has 0 spiro atoms. The number of pyridine rings is 1. The van der Waals surface area contributed by atoms with Gasteiger partial charge in [0.1, 0.15) is 5.82 Å². The van der Waals surface area contributed by atoms with Gasteiger partial charge in [0, 0.05) is 40.1 Å². The first-order chi connectivity index (χ1) is 12.6. The quantitative estimate of drug-likeness (QED) is 0.648. The van der Waals surface area contributed by atoms with Crippen molar-refractivity contribution < 1.29 is 4.39 Å². The number of nitrogens with one attached hydrogen (secondary N) is 1. The standard InChI is InChI=1S/C20H19ClFN3S/c1-12-8-13(21)9-16(19(12)22)20-15-5-6-18(23-2)17(15)11-25(20)26-14-4-3-7-24-10-14/h3-4,7-11,18,23H,5-6H2,1-2H3. The van der Waals surface area contributed by atoms with Gasteiger partial charge in [0.2, 0.25) is 0 Å². The molecule has 0 fully saturated rings. The van der Waals surface area contributed by atoms with Gasteiger partial charge in [-0.15, -0.1) is 0 Å². The zero-order chi connectivity index (χ0) is 18.3. The average Bonchev–Trinajstić information content (AvgIpc) is 3.17. The number of rotatable bonds is 4. The Morgan fingerprint density at radius 1 is 1.38 bits per heavy atom. The number of fused-ring (bicyclic) bond motifs is 1. The van der Waals surface area contributed by atoms with E-state index in [0.29, 0.717) is 22.2 Å². The maximum atomic E-state index is 15.0. The molecule has 3 nitrogen and oxygen atoms in total. The van der Waals surface area contributed by atoms with E-state index < -0.39 is 0 Å². The zero-order valence-electron chi connectivity index (χ0n) is 14.6. The summed E-state index contributed by atoms with van der Waals surface area (Å²) in [7, 11) is 1.97. The lowest BCUT2D eigenvalue weighted by molar-refractivity contribution is 0.588. The summed E-state index contributed by atoms with van der Waals surface area (Å²) in [6, 6.07) is 7.59. The lowest BCUT2D eigenvalue weighted by atomic mass is 10.0. The number of aryl methyl sites for hydroxylation is 1.